The van der Waals surface area contributed by atoms with E-state index in [0.717, 1.165) is 19.5 Å². The van der Waals surface area contributed by atoms with Gasteiger partial charge in [-0.2, -0.15) is 0 Å². The van der Waals surface area contributed by atoms with Crippen LogP contribution in [-0.4, -0.2) is 34.0 Å². The Bertz CT molecular complexity index is 1180. The van der Waals surface area contributed by atoms with Crippen molar-refractivity contribution in [2.45, 2.75) is 11.3 Å². The van der Waals surface area contributed by atoms with Gasteiger partial charge in [0.05, 0.1) is 10.6 Å². The van der Waals surface area contributed by atoms with Crippen LogP contribution in [0, 0.1) is 11.7 Å². The number of amides is 1. The number of nitrogens with one attached hydrogen (secondary N) is 2. The summed E-state index contributed by atoms with van der Waals surface area (Å²) in [5.74, 6) is -0.567. The van der Waals surface area contributed by atoms with Gasteiger partial charge in [0, 0.05) is 30.9 Å². The Balaban J connectivity index is 1.33. The van der Waals surface area contributed by atoms with E-state index in [1.54, 1.807) is 0 Å². The first kappa shape index (κ1) is 21.8. The molecule has 0 aliphatic carbocycles. The van der Waals surface area contributed by atoms with E-state index >= 15 is 0 Å². The number of para-hydroxylation sites is 2. The van der Waals surface area contributed by atoms with Crippen LogP contribution in [0.3, 0.4) is 0 Å². The fourth-order valence-corrected chi connectivity index (χ4v) is 4.81. The first-order valence-electron chi connectivity index (χ1n) is 10.4. The Kier molecular flexibility index (Phi) is 6.41. The monoisotopic (exact) mass is 453 g/mol. The van der Waals surface area contributed by atoms with Crippen molar-refractivity contribution in [2.24, 2.45) is 5.92 Å². The lowest BCUT2D eigenvalue weighted by molar-refractivity contribution is 0.0948. The van der Waals surface area contributed by atoms with Crippen LogP contribution in [0.2, 0.25) is 0 Å². The van der Waals surface area contributed by atoms with Crippen molar-refractivity contribution in [3.05, 3.63) is 90.2 Å². The maximum atomic E-state index is 13.8. The van der Waals surface area contributed by atoms with Gasteiger partial charge in [-0.25, -0.2) is 12.8 Å². The van der Waals surface area contributed by atoms with Gasteiger partial charge in [-0.1, -0.05) is 30.3 Å². The second kappa shape index (κ2) is 9.40. The zero-order chi connectivity index (χ0) is 22.6. The lowest BCUT2D eigenvalue weighted by Gasteiger charge is -2.18. The Morgan fingerprint density at radius 3 is 2.38 bits per heavy atom. The van der Waals surface area contributed by atoms with Crippen LogP contribution in [0.25, 0.3) is 0 Å². The van der Waals surface area contributed by atoms with Crippen molar-refractivity contribution in [3.63, 3.8) is 0 Å². The summed E-state index contributed by atoms with van der Waals surface area (Å²) in [5, 5.41) is 2.94. The molecule has 0 radical (unpaired) electrons. The molecule has 1 fully saturated rings. The van der Waals surface area contributed by atoms with Gasteiger partial charge in [0.1, 0.15) is 5.82 Å². The van der Waals surface area contributed by atoms with E-state index in [-0.39, 0.29) is 16.5 Å². The molecule has 1 aliphatic rings. The zero-order valence-electron chi connectivity index (χ0n) is 17.4. The summed E-state index contributed by atoms with van der Waals surface area (Å²) in [6.07, 6.45) is 0.994. The highest BCUT2D eigenvalue weighted by Crippen LogP contribution is 2.23. The predicted molar refractivity (Wildman–Crippen MR) is 123 cm³/mol. The third kappa shape index (κ3) is 5.08. The molecule has 0 saturated carbocycles. The van der Waals surface area contributed by atoms with E-state index in [0.29, 0.717) is 18.0 Å². The molecule has 0 aromatic heterocycles. The molecule has 1 saturated heterocycles. The van der Waals surface area contributed by atoms with E-state index in [9.17, 15) is 17.6 Å². The van der Waals surface area contributed by atoms with Crippen molar-refractivity contribution < 1.29 is 17.6 Å². The molecular weight excluding hydrogens is 429 g/mol. The van der Waals surface area contributed by atoms with Crippen LogP contribution in [0.1, 0.15) is 16.8 Å². The van der Waals surface area contributed by atoms with Gasteiger partial charge in [0.2, 0.25) is 0 Å². The summed E-state index contributed by atoms with van der Waals surface area (Å²) < 4.78 is 41.0. The smallest absolute Gasteiger partial charge is 0.261 e. The van der Waals surface area contributed by atoms with Crippen LogP contribution < -0.4 is 14.9 Å². The summed E-state index contributed by atoms with van der Waals surface area (Å²) in [5.41, 5.74) is 1.42. The minimum atomic E-state index is -3.96. The molecule has 1 heterocycles. The third-order valence-corrected chi connectivity index (χ3v) is 6.88. The highest BCUT2D eigenvalue weighted by molar-refractivity contribution is 7.92. The van der Waals surface area contributed by atoms with Crippen LogP contribution in [0.15, 0.2) is 83.8 Å². The molecule has 6 nitrogen and oxygen atoms in total. The molecule has 0 bridgehead atoms. The summed E-state index contributed by atoms with van der Waals surface area (Å²) in [6, 6.07) is 21.3. The fraction of sp³-hybridized carbons (Fsp3) is 0.208. The van der Waals surface area contributed by atoms with E-state index in [1.807, 2.05) is 18.2 Å². The number of rotatable bonds is 7. The predicted octanol–water partition coefficient (Wildman–Crippen LogP) is 3.88. The van der Waals surface area contributed by atoms with Gasteiger partial charge in [-0.15, -0.1) is 0 Å². The average molecular weight is 454 g/mol. The number of hydrogen-bond donors (Lipinski definition) is 2. The highest BCUT2D eigenvalue weighted by atomic mass is 32.2. The molecule has 3 aromatic rings. The minimum absolute atomic E-state index is 0.0494. The minimum Gasteiger partial charge on any atom is -0.371 e. The third-order valence-electron chi connectivity index (χ3n) is 5.50. The van der Waals surface area contributed by atoms with Gasteiger partial charge >= 0.3 is 0 Å². The van der Waals surface area contributed by atoms with Gasteiger partial charge in [-0.05, 0) is 60.9 Å². The molecule has 32 heavy (non-hydrogen) atoms. The van der Waals surface area contributed by atoms with Gasteiger partial charge in [0.15, 0.2) is 0 Å². The average Bonchev–Trinajstić information content (AvgIpc) is 3.29. The van der Waals surface area contributed by atoms with Crippen LogP contribution in [0.4, 0.5) is 15.8 Å². The molecule has 4 rings (SSSR count). The van der Waals surface area contributed by atoms with Gasteiger partial charge < -0.3 is 10.2 Å². The molecule has 166 valence electrons. The Hall–Kier alpha value is -3.39. The van der Waals surface area contributed by atoms with Crippen molar-refractivity contribution in [1.29, 1.82) is 0 Å². The molecule has 8 heteroatoms. The van der Waals surface area contributed by atoms with Crippen molar-refractivity contribution in [1.82, 2.24) is 5.32 Å². The second-order valence-corrected chi connectivity index (χ2v) is 9.44. The maximum Gasteiger partial charge on any atom is 0.261 e. The standard InChI is InChI=1S/C24H24FN3O3S/c25-22-8-4-5-9-23(22)27-32(30,31)21-12-10-19(11-13-21)24(29)26-16-18-14-15-28(17-18)20-6-2-1-3-7-20/h1-13,18,27H,14-17H2,(H,26,29)/t18-/m0/s1. The quantitative estimate of drug-likeness (QED) is 0.569. The number of nitrogens with zero attached hydrogens (tertiary/aromatic N) is 1. The number of hydrogen-bond acceptors (Lipinski definition) is 4. The van der Waals surface area contributed by atoms with E-state index in [1.165, 1.54) is 54.2 Å². The van der Waals surface area contributed by atoms with Crippen molar-refractivity contribution >= 4 is 27.3 Å². The SMILES string of the molecule is O=C(NC[C@@H]1CCN(c2ccccc2)C1)c1ccc(S(=O)(=O)Nc2ccccc2F)cc1. The number of carbonyl (C=O) groups is 1. The number of benzene rings is 3. The van der Waals surface area contributed by atoms with E-state index in [2.05, 4.69) is 27.1 Å². The number of sulfonamides is 1. The van der Waals surface area contributed by atoms with E-state index in [4.69, 9.17) is 0 Å². The fourth-order valence-electron chi connectivity index (χ4n) is 3.74. The summed E-state index contributed by atoms with van der Waals surface area (Å²) in [7, 11) is -3.96. The molecule has 1 atom stereocenters. The lowest BCUT2D eigenvalue weighted by Crippen LogP contribution is -2.31. The lowest BCUT2D eigenvalue weighted by atomic mass is 10.1. The van der Waals surface area contributed by atoms with Crippen LogP contribution in [0.5, 0.6) is 0 Å². The molecule has 3 aromatic carbocycles. The largest absolute Gasteiger partial charge is 0.371 e. The van der Waals surface area contributed by atoms with Gasteiger partial charge in [0.25, 0.3) is 15.9 Å². The van der Waals surface area contributed by atoms with Crippen molar-refractivity contribution in [2.75, 3.05) is 29.3 Å². The Morgan fingerprint density at radius 1 is 0.969 bits per heavy atom. The molecule has 0 spiro atoms. The first-order valence-corrected chi connectivity index (χ1v) is 11.9. The van der Waals surface area contributed by atoms with Crippen LogP contribution in [-0.2, 0) is 10.0 Å². The van der Waals surface area contributed by atoms with Crippen molar-refractivity contribution in [3.8, 4) is 0 Å². The van der Waals surface area contributed by atoms with Crippen LogP contribution >= 0.6 is 0 Å². The Morgan fingerprint density at radius 2 is 1.66 bits per heavy atom. The normalized spacial score (nSPS) is 16.0. The molecule has 0 unspecified atom stereocenters. The molecule has 1 aliphatic heterocycles. The summed E-state index contributed by atoms with van der Waals surface area (Å²) in [6.45, 7) is 2.38. The molecule has 2 N–H and O–H groups in total. The number of halogens is 1. The molecule has 1 amide bonds. The maximum absolute atomic E-state index is 13.8. The highest BCUT2D eigenvalue weighted by Gasteiger charge is 2.23. The number of anilines is 2. The zero-order valence-corrected chi connectivity index (χ0v) is 18.2. The first-order chi connectivity index (χ1) is 15.4. The second-order valence-electron chi connectivity index (χ2n) is 7.76. The summed E-state index contributed by atoms with van der Waals surface area (Å²) in [4.78, 5) is 14.8. The topological polar surface area (TPSA) is 78.5 Å². The number of carbonyl (C=O) groups excluding carboxylic acids is 1. The molecular formula is C24H24FN3O3S. The Labute approximate surface area is 187 Å². The summed E-state index contributed by atoms with van der Waals surface area (Å²) >= 11 is 0. The van der Waals surface area contributed by atoms with E-state index < -0.39 is 15.8 Å². The van der Waals surface area contributed by atoms with Gasteiger partial charge in [-0.3, -0.25) is 9.52 Å².